The summed E-state index contributed by atoms with van der Waals surface area (Å²) in [5.41, 5.74) is 1.89. The van der Waals surface area contributed by atoms with Crippen molar-refractivity contribution >= 4 is 15.7 Å². The molecule has 0 bridgehead atoms. The lowest BCUT2D eigenvalue weighted by atomic mass is 10.1. The lowest BCUT2D eigenvalue weighted by Crippen LogP contribution is -2.14. The van der Waals surface area contributed by atoms with Crippen LogP contribution in [0.5, 0.6) is 11.5 Å². The average molecular weight is 307 g/mol. The van der Waals surface area contributed by atoms with Crippen LogP contribution in [0.1, 0.15) is 11.1 Å². The first-order valence-electron chi connectivity index (χ1n) is 6.30. The van der Waals surface area contributed by atoms with E-state index in [1.54, 1.807) is 13.0 Å². The van der Waals surface area contributed by atoms with E-state index in [1.165, 1.54) is 37.4 Å². The second kappa shape index (κ2) is 5.65. The Kier molecular flexibility index (Phi) is 4.09. The third-order valence-electron chi connectivity index (χ3n) is 3.10. The standard InChI is InChI=1S/C15H17NO4S/c1-10-8-11(2)15(9-14(10)20-3)21(18,19)16-12-4-6-13(17)7-5-12/h4-9,16-17H,1-3H3. The lowest BCUT2D eigenvalue weighted by Gasteiger charge is -2.13. The molecule has 2 N–H and O–H groups in total. The number of phenolic OH excluding ortho intramolecular Hbond substituents is 1. The highest BCUT2D eigenvalue weighted by Crippen LogP contribution is 2.27. The summed E-state index contributed by atoms with van der Waals surface area (Å²) in [6.45, 7) is 3.59. The van der Waals surface area contributed by atoms with Gasteiger partial charge in [-0.2, -0.15) is 0 Å². The van der Waals surface area contributed by atoms with Crippen molar-refractivity contribution in [2.45, 2.75) is 18.7 Å². The molecule has 0 radical (unpaired) electrons. The third-order valence-corrected chi connectivity index (χ3v) is 4.62. The molecule has 2 aromatic rings. The van der Waals surface area contributed by atoms with Crippen molar-refractivity contribution in [3.8, 4) is 11.5 Å². The van der Waals surface area contributed by atoms with Gasteiger partial charge in [-0.15, -0.1) is 0 Å². The summed E-state index contributed by atoms with van der Waals surface area (Å²) in [4.78, 5) is 0.165. The Balaban J connectivity index is 2.42. The number of anilines is 1. The van der Waals surface area contributed by atoms with Crippen molar-refractivity contribution in [3.63, 3.8) is 0 Å². The summed E-state index contributed by atoms with van der Waals surface area (Å²) < 4.78 is 32.6. The van der Waals surface area contributed by atoms with Gasteiger partial charge in [-0.1, -0.05) is 6.07 Å². The van der Waals surface area contributed by atoms with E-state index in [0.29, 0.717) is 17.0 Å². The minimum Gasteiger partial charge on any atom is -0.508 e. The number of aromatic hydroxyl groups is 1. The van der Waals surface area contributed by atoms with Gasteiger partial charge in [-0.25, -0.2) is 8.42 Å². The zero-order chi connectivity index (χ0) is 15.6. The zero-order valence-corrected chi connectivity index (χ0v) is 12.9. The van der Waals surface area contributed by atoms with Crippen LogP contribution in [0.15, 0.2) is 41.3 Å². The third kappa shape index (κ3) is 3.28. The summed E-state index contributed by atoms with van der Waals surface area (Å²) in [6, 6.07) is 9.10. The van der Waals surface area contributed by atoms with Gasteiger partial charge in [0, 0.05) is 11.8 Å². The van der Waals surface area contributed by atoms with Crippen molar-refractivity contribution in [2.75, 3.05) is 11.8 Å². The summed E-state index contributed by atoms with van der Waals surface area (Å²) in [5.74, 6) is 0.595. The van der Waals surface area contributed by atoms with E-state index < -0.39 is 10.0 Å². The van der Waals surface area contributed by atoms with Crippen LogP contribution in [0.25, 0.3) is 0 Å². The Labute approximate surface area is 124 Å². The fourth-order valence-corrected chi connectivity index (χ4v) is 3.36. The van der Waals surface area contributed by atoms with E-state index in [0.717, 1.165) is 5.56 Å². The lowest BCUT2D eigenvalue weighted by molar-refractivity contribution is 0.410. The van der Waals surface area contributed by atoms with E-state index in [9.17, 15) is 13.5 Å². The molecule has 0 saturated heterocycles. The molecule has 0 spiro atoms. The molecular formula is C15H17NO4S. The Hall–Kier alpha value is -2.21. The number of ether oxygens (including phenoxy) is 1. The monoisotopic (exact) mass is 307 g/mol. The molecule has 0 unspecified atom stereocenters. The van der Waals surface area contributed by atoms with Gasteiger partial charge in [-0.3, -0.25) is 4.72 Å². The van der Waals surface area contributed by atoms with Crippen LogP contribution in [0.4, 0.5) is 5.69 Å². The highest BCUT2D eigenvalue weighted by molar-refractivity contribution is 7.92. The number of methoxy groups -OCH3 is 1. The highest BCUT2D eigenvalue weighted by atomic mass is 32.2. The van der Waals surface area contributed by atoms with Gasteiger partial charge >= 0.3 is 0 Å². The Morgan fingerprint density at radius 2 is 1.67 bits per heavy atom. The minimum absolute atomic E-state index is 0.0751. The first-order chi connectivity index (χ1) is 9.83. The van der Waals surface area contributed by atoms with Crippen LogP contribution in [0, 0.1) is 13.8 Å². The molecule has 5 nitrogen and oxygen atoms in total. The second-order valence-corrected chi connectivity index (χ2v) is 6.39. The van der Waals surface area contributed by atoms with Crippen LogP contribution >= 0.6 is 0 Å². The predicted octanol–water partition coefficient (Wildman–Crippen LogP) is 2.82. The van der Waals surface area contributed by atoms with Crippen LogP contribution in [0.3, 0.4) is 0 Å². The van der Waals surface area contributed by atoms with Crippen LogP contribution < -0.4 is 9.46 Å². The van der Waals surface area contributed by atoms with Gasteiger partial charge in [0.25, 0.3) is 10.0 Å². The van der Waals surface area contributed by atoms with E-state index >= 15 is 0 Å². The number of rotatable bonds is 4. The Morgan fingerprint density at radius 1 is 1.05 bits per heavy atom. The minimum atomic E-state index is -3.72. The van der Waals surface area contributed by atoms with Crippen LogP contribution in [0.2, 0.25) is 0 Å². The highest BCUT2D eigenvalue weighted by Gasteiger charge is 2.19. The van der Waals surface area contributed by atoms with E-state index in [2.05, 4.69) is 4.72 Å². The number of benzene rings is 2. The van der Waals surface area contributed by atoms with Crippen LogP contribution in [-0.2, 0) is 10.0 Å². The van der Waals surface area contributed by atoms with Gasteiger partial charge in [0.05, 0.1) is 12.0 Å². The van der Waals surface area contributed by atoms with Crippen molar-refractivity contribution < 1.29 is 18.3 Å². The Bertz CT molecular complexity index is 752. The van der Waals surface area contributed by atoms with Gasteiger partial charge in [0.1, 0.15) is 11.5 Å². The van der Waals surface area contributed by atoms with Gasteiger partial charge in [-0.05, 0) is 49.2 Å². The molecule has 0 aliphatic heterocycles. The van der Waals surface area contributed by atoms with Crippen molar-refractivity contribution in [1.82, 2.24) is 0 Å². The zero-order valence-electron chi connectivity index (χ0n) is 12.0. The average Bonchev–Trinajstić information content (AvgIpc) is 2.41. The van der Waals surface area contributed by atoms with Crippen LogP contribution in [-0.4, -0.2) is 20.6 Å². The maximum Gasteiger partial charge on any atom is 0.262 e. The number of phenols is 1. The molecule has 0 aliphatic rings. The first-order valence-corrected chi connectivity index (χ1v) is 7.79. The summed E-state index contributed by atoms with van der Waals surface area (Å²) in [6.07, 6.45) is 0. The SMILES string of the molecule is COc1cc(S(=O)(=O)Nc2ccc(O)cc2)c(C)cc1C. The molecule has 0 saturated carbocycles. The predicted molar refractivity (Wildman–Crippen MR) is 81.4 cm³/mol. The molecule has 0 heterocycles. The number of hydrogen-bond acceptors (Lipinski definition) is 4. The topological polar surface area (TPSA) is 75.6 Å². The molecular weight excluding hydrogens is 290 g/mol. The quantitative estimate of drug-likeness (QED) is 0.852. The maximum absolute atomic E-state index is 12.5. The van der Waals surface area contributed by atoms with E-state index in [4.69, 9.17) is 4.74 Å². The molecule has 0 atom stereocenters. The first kappa shape index (κ1) is 15.2. The van der Waals surface area contributed by atoms with Gasteiger partial charge in [0.15, 0.2) is 0 Å². The summed E-state index contributed by atoms with van der Waals surface area (Å²) in [7, 11) is -2.22. The smallest absolute Gasteiger partial charge is 0.262 e. The summed E-state index contributed by atoms with van der Waals surface area (Å²) in [5, 5.41) is 9.22. The molecule has 0 fully saturated rings. The number of hydrogen-bond donors (Lipinski definition) is 2. The fourth-order valence-electron chi connectivity index (χ4n) is 2.06. The Morgan fingerprint density at radius 3 is 2.24 bits per heavy atom. The fraction of sp³-hybridized carbons (Fsp3) is 0.200. The largest absolute Gasteiger partial charge is 0.508 e. The van der Waals surface area contributed by atoms with Gasteiger partial charge < -0.3 is 9.84 Å². The van der Waals surface area contributed by atoms with E-state index in [-0.39, 0.29) is 10.6 Å². The van der Waals surface area contributed by atoms with Gasteiger partial charge in [0.2, 0.25) is 0 Å². The molecule has 0 aromatic heterocycles. The van der Waals surface area contributed by atoms with Crippen molar-refractivity contribution in [2.24, 2.45) is 0 Å². The summed E-state index contributed by atoms with van der Waals surface area (Å²) >= 11 is 0. The number of sulfonamides is 1. The van der Waals surface area contributed by atoms with Crippen molar-refractivity contribution in [1.29, 1.82) is 0 Å². The molecule has 21 heavy (non-hydrogen) atoms. The molecule has 2 aromatic carbocycles. The second-order valence-electron chi connectivity index (χ2n) is 4.74. The van der Waals surface area contributed by atoms with Crippen molar-refractivity contribution in [3.05, 3.63) is 47.5 Å². The number of aryl methyl sites for hydroxylation is 2. The maximum atomic E-state index is 12.5. The van der Waals surface area contributed by atoms with E-state index in [1.807, 2.05) is 6.92 Å². The molecule has 0 amide bonds. The molecule has 112 valence electrons. The number of nitrogens with one attached hydrogen (secondary N) is 1. The molecule has 6 heteroatoms. The molecule has 0 aliphatic carbocycles. The molecule has 2 rings (SSSR count). The normalized spacial score (nSPS) is 11.2.